The van der Waals surface area contributed by atoms with E-state index in [1.165, 1.54) is 22.9 Å². The first-order valence-electron chi connectivity index (χ1n) is 12.7. The molecular formula is C30H32N4O2S. The molecule has 1 fully saturated rings. The van der Waals surface area contributed by atoms with Gasteiger partial charge in [0.15, 0.2) is 11.0 Å². The lowest BCUT2D eigenvalue weighted by Gasteiger charge is -2.32. The van der Waals surface area contributed by atoms with Gasteiger partial charge in [-0.1, -0.05) is 71.9 Å². The molecule has 6 nitrogen and oxygen atoms in total. The Kier molecular flexibility index (Phi) is 7.90. The quantitative estimate of drug-likeness (QED) is 0.278. The zero-order valence-corrected chi connectivity index (χ0v) is 22.2. The Bertz CT molecular complexity index is 1310. The van der Waals surface area contributed by atoms with Crippen molar-refractivity contribution < 1.29 is 9.53 Å². The number of likely N-dealkylation sites (tertiary alicyclic amines) is 1. The Balaban J connectivity index is 1.27. The Morgan fingerprint density at radius 3 is 2.32 bits per heavy atom. The minimum absolute atomic E-state index is 0.157. The maximum absolute atomic E-state index is 13.1. The Morgan fingerprint density at radius 1 is 0.946 bits per heavy atom. The van der Waals surface area contributed by atoms with Gasteiger partial charge in [0.05, 0.1) is 12.9 Å². The molecule has 5 rings (SSSR count). The third-order valence-corrected chi connectivity index (χ3v) is 7.85. The molecule has 1 amide bonds. The van der Waals surface area contributed by atoms with Gasteiger partial charge in [0.1, 0.15) is 5.75 Å². The van der Waals surface area contributed by atoms with Gasteiger partial charge in [0.25, 0.3) is 0 Å². The number of hydrogen-bond donors (Lipinski definition) is 0. The van der Waals surface area contributed by atoms with Crippen LogP contribution < -0.4 is 4.74 Å². The van der Waals surface area contributed by atoms with Crippen LogP contribution in [-0.4, -0.2) is 51.5 Å². The fourth-order valence-electron chi connectivity index (χ4n) is 4.77. The van der Waals surface area contributed by atoms with Crippen molar-refractivity contribution in [1.82, 2.24) is 19.7 Å². The number of aryl methyl sites for hydroxylation is 1. The van der Waals surface area contributed by atoms with Crippen molar-refractivity contribution in [2.45, 2.75) is 31.3 Å². The molecule has 1 saturated heterocycles. The highest BCUT2D eigenvalue weighted by Gasteiger charge is 2.24. The van der Waals surface area contributed by atoms with Crippen molar-refractivity contribution >= 4 is 17.7 Å². The lowest BCUT2D eigenvalue weighted by Crippen LogP contribution is -2.39. The molecular weight excluding hydrogens is 480 g/mol. The van der Waals surface area contributed by atoms with Crippen molar-refractivity contribution in [3.05, 3.63) is 90.0 Å². The predicted octanol–water partition coefficient (Wildman–Crippen LogP) is 5.82. The van der Waals surface area contributed by atoms with E-state index in [0.717, 1.165) is 55.2 Å². The predicted molar refractivity (Wildman–Crippen MR) is 148 cm³/mol. The number of carbonyl (C=O) groups is 1. The number of aromatic nitrogens is 3. The smallest absolute Gasteiger partial charge is 0.233 e. The van der Waals surface area contributed by atoms with E-state index in [2.05, 4.69) is 71.7 Å². The SMILES string of the molecule is COc1ccc(-n2c(SCC(=O)N3CCC(Cc4ccccc4)CC3)nnc2-c2ccc(C)cc2)cc1. The molecule has 1 aliphatic heterocycles. The number of carbonyl (C=O) groups excluding carboxylic acids is 1. The third kappa shape index (κ3) is 6.05. The van der Waals surface area contributed by atoms with E-state index in [-0.39, 0.29) is 5.91 Å². The van der Waals surface area contributed by atoms with Gasteiger partial charge in [0, 0.05) is 24.3 Å². The summed E-state index contributed by atoms with van der Waals surface area (Å²) in [6, 6.07) is 26.7. The van der Waals surface area contributed by atoms with Crippen LogP contribution >= 0.6 is 11.8 Å². The third-order valence-electron chi connectivity index (χ3n) is 6.93. The van der Waals surface area contributed by atoms with E-state index in [4.69, 9.17) is 4.74 Å². The zero-order valence-electron chi connectivity index (χ0n) is 21.3. The second kappa shape index (κ2) is 11.6. The average molecular weight is 513 g/mol. The fourth-order valence-corrected chi connectivity index (χ4v) is 5.62. The van der Waals surface area contributed by atoms with Gasteiger partial charge in [-0.25, -0.2) is 0 Å². The Hall–Kier alpha value is -3.58. The molecule has 0 radical (unpaired) electrons. The number of amides is 1. The van der Waals surface area contributed by atoms with Gasteiger partial charge >= 0.3 is 0 Å². The van der Waals surface area contributed by atoms with E-state index < -0.39 is 0 Å². The first-order valence-corrected chi connectivity index (χ1v) is 13.7. The molecule has 1 aliphatic rings. The molecule has 7 heteroatoms. The standard InChI is InChI=1S/C30H32N4O2S/c1-22-8-10-25(11-9-22)29-31-32-30(34(29)26-12-14-27(36-2)15-13-26)37-21-28(35)33-18-16-24(17-19-33)20-23-6-4-3-5-7-23/h3-15,24H,16-21H2,1-2H3. The molecule has 190 valence electrons. The number of methoxy groups -OCH3 is 1. The minimum Gasteiger partial charge on any atom is -0.497 e. The van der Waals surface area contributed by atoms with Gasteiger partial charge in [-0.2, -0.15) is 0 Å². The lowest BCUT2D eigenvalue weighted by atomic mass is 9.90. The number of hydrogen-bond acceptors (Lipinski definition) is 5. The summed E-state index contributed by atoms with van der Waals surface area (Å²) in [7, 11) is 1.66. The monoisotopic (exact) mass is 512 g/mol. The van der Waals surface area contributed by atoms with Crippen LogP contribution in [0, 0.1) is 12.8 Å². The average Bonchev–Trinajstić information content (AvgIpc) is 3.37. The van der Waals surface area contributed by atoms with Gasteiger partial charge in [0.2, 0.25) is 5.91 Å². The number of rotatable bonds is 8. The van der Waals surface area contributed by atoms with E-state index >= 15 is 0 Å². The van der Waals surface area contributed by atoms with E-state index in [1.807, 2.05) is 33.7 Å². The van der Waals surface area contributed by atoms with E-state index in [9.17, 15) is 4.79 Å². The van der Waals surface area contributed by atoms with Crippen LogP contribution in [-0.2, 0) is 11.2 Å². The second-order valence-electron chi connectivity index (χ2n) is 9.51. The molecule has 37 heavy (non-hydrogen) atoms. The first-order chi connectivity index (χ1) is 18.1. The highest BCUT2D eigenvalue weighted by molar-refractivity contribution is 7.99. The molecule has 4 aromatic rings. The molecule has 0 bridgehead atoms. The van der Waals surface area contributed by atoms with Crippen molar-refractivity contribution in [3.63, 3.8) is 0 Å². The first kappa shape index (κ1) is 25.1. The summed E-state index contributed by atoms with van der Waals surface area (Å²) in [5, 5.41) is 9.70. The van der Waals surface area contributed by atoms with E-state index in [0.29, 0.717) is 16.8 Å². The number of thioether (sulfide) groups is 1. The zero-order chi connectivity index (χ0) is 25.6. The normalized spacial score (nSPS) is 14.1. The summed E-state index contributed by atoms with van der Waals surface area (Å²) in [6.45, 7) is 3.70. The molecule has 0 spiro atoms. The lowest BCUT2D eigenvalue weighted by molar-refractivity contribution is -0.129. The highest BCUT2D eigenvalue weighted by Crippen LogP contribution is 2.30. The van der Waals surface area contributed by atoms with Crippen molar-refractivity contribution in [3.8, 4) is 22.8 Å². The fraction of sp³-hybridized carbons (Fsp3) is 0.300. The highest BCUT2D eigenvalue weighted by atomic mass is 32.2. The molecule has 0 N–H and O–H groups in total. The van der Waals surface area contributed by atoms with Gasteiger partial charge in [-0.15, -0.1) is 10.2 Å². The van der Waals surface area contributed by atoms with Crippen LogP contribution in [0.25, 0.3) is 17.1 Å². The Labute approximate surface area is 222 Å². The number of nitrogens with zero attached hydrogens (tertiary/aromatic N) is 4. The van der Waals surface area contributed by atoms with Crippen LogP contribution in [0.15, 0.2) is 84.0 Å². The van der Waals surface area contributed by atoms with Crippen LogP contribution in [0.1, 0.15) is 24.0 Å². The van der Waals surface area contributed by atoms with Gasteiger partial charge in [-0.3, -0.25) is 9.36 Å². The summed E-state index contributed by atoms with van der Waals surface area (Å²) < 4.78 is 7.36. The van der Waals surface area contributed by atoms with Crippen LogP contribution in [0.2, 0.25) is 0 Å². The topological polar surface area (TPSA) is 60.2 Å². The summed E-state index contributed by atoms with van der Waals surface area (Å²) in [6.07, 6.45) is 3.18. The van der Waals surface area contributed by atoms with E-state index in [1.54, 1.807) is 7.11 Å². The molecule has 0 aliphatic carbocycles. The van der Waals surface area contributed by atoms with Gasteiger partial charge < -0.3 is 9.64 Å². The molecule has 2 heterocycles. The minimum atomic E-state index is 0.157. The summed E-state index contributed by atoms with van der Waals surface area (Å²) in [4.78, 5) is 15.1. The molecule has 0 unspecified atom stereocenters. The summed E-state index contributed by atoms with van der Waals surface area (Å²) in [5.41, 5.74) is 4.47. The summed E-state index contributed by atoms with van der Waals surface area (Å²) in [5.74, 6) is 2.67. The van der Waals surface area contributed by atoms with Crippen molar-refractivity contribution in [2.24, 2.45) is 5.92 Å². The second-order valence-corrected chi connectivity index (χ2v) is 10.5. The van der Waals surface area contributed by atoms with Gasteiger partial charge in [-0.05, 0) is 61.9 Å². The molecule has 3 aromatic carbocycles. The van der Waals surface area contributed by atoms with Crippen LogP contribution in [0.5, 0.6) is 5.75 Å². The van der Waals surface area contributed by atoms with Crippen LogP contribution in [0.4, 0.5) is 0 Å². The summed E-state index contributed by atoms with van der Waals surface area (Å²) >= 11 is 1.44. The molecule has 1 aromatic heterocycles. The van der Waals surface area contributed by atoms with Crippen molar-refractivity contribution in [1.29, 1.82) is 0 Å². The Morgan fingerprint density at radius 2 is 1.65 bits per heavy atom. The van der Waals surface area contributed by atoms with Crippen LogP contribution in [0.3, 0.4) is 0 Å². The molecule has 0 saturated carbocycles. The molecule has 0 atom stereocenters. The largest absolute Gasteiger partial charge is 0.497 e. The van der Waals surface area contributed by atoms with Crippen molar-refractivity contribution in [2.75, 3.05) is 26.0 Å². The maximum atomic E-state index is 13.1. The number of piperidine rings is 1. The number of benzene rings is 3. The maximum Gasteiger partial charge on any atom is 0.233 e. The number of ether oxygens (including phenoxy) is 1.